The average molecular weight is 279 g/mol. The largest absolute Gasteiger partial charge is 0.504 e. The summed E-state index contributed by atoms with van der Waals surface area (Å²) >= 11 is 0. The van der Waals surface area contributed by atoms with Gasteiger partial charge in [-0.05, 0) is 36.0 Å². The van der Waals surface area contributed by atoms with Crippen molar-refractivity contribution in [3.8, 4) is 11.5 Å². The summed E-state index contributed by atoms with van der Waals surface area (Å²) in [4.78, 5) is 12.1. The summed E-state index contributed by atoms with van der Waals surface area (Å²) in [5, 5.41) is 12.6. The van der Waals surface area contributed by atoms with Gasteiger partial charge in [-0.25, -0.2) is 0 Å². The fourth-order valence-corrected chi connectivity index (χ4v) is 2.39. The van der Waals surface area contributed by atoms with Gasteiger partial charge in [-0.3, -0.25) is 4.79 Å². The number of phenolic OH excluding ortho intramolecular Hbond substituents is 1. The molecule has 0 saturated heterocycles. The second-order valence-corrected chi connectivity index (χ2v) is 5.75. The molecule has 0 bridgehead atoms. The van der Waals surface area contributed by atoms with Crippen LogP contribution in [0.1, 0.15) is 38.1 Å². The quantitative estimate of drug-likeness (QED) is 0.841. The van der Waals surface area contributed by atoms with Crippen molar-refractivity contribution < 1.29 is 14.6 Å². The molecular weight excluding hydrogens is 254 g/mol. The molecule has 112 valence electrons. The normalized spacial score (nSPS) is 11.2. The van der Waals surface area contributed by atoms with Crippen LogP contribution in [0.5, 0.6) is 11.5 Å². The van der Waals surface area contributed by atoms with Crippen molar-refractivity contribution >= 4 is 5.91 Å². The van der Waals surface area contributed by atoms with Gasteiger partial charge in [0.15, 0.2) is 11.5 Å². The van der Waals surface area contributed by atoms with Crippen LogP contribution in [0.4, 0.5) is 0 Å². The maximum absolute atomic E-state index is 12.1. The highest BCUT2D eigenvalue weighted by Gasteiger charge is 2.19. The number of amides is 1. The van der Waals surface area contributed by atoms with Crippen LogP contribution in [-0.2, 0) is 0 Å². The Bertz CT molecular complexity index is 447. The highest BCUT2D eigenvalue weighted by molar-refractivity contribution is 5.94. The summed E-state index contributed by atoms with van der Waals surface area (Å²) in [6, 6.07) is 4.66. The first-order valence-electron chi connectivity index (χ1n) is 7.02. The summed E-state index contributed by atoms with van der Waals surface area (Å²) in [6.07, 6.45) is 0. The van der Waals surface area contributed by atoms with Gasteiger partial charge < -0.3 is 15.2 Å². The molecule has 0 spiro atoms. The summed E-state index contributed by atoms with van der Waals surface area (Å²) in [6.45, 7) is 9.29. The molecule has 0 fully saturated rings. The van der Waals surface area contributed by atoms with Gasteiger partial charge in [-0.1, -0.05) is 27.7 Å². The number of hydrogen-bond acceptors (Lipinski definition) is 3. The zero-order valence-corrected chi connectivity index (χ0v) is 12.9. The Hall–Kier alpha value is -1.71. The van der Waals surface area contributed by atoms with Crippen LogP contribution in [0.15, 0.2) is 18.2 Å². The first-order chi connectivity index (χ1) is 9.36. The maximum atomic E-state index is 12.1. The Kier molecular flexibility index (Phi) is 5.86. The number of hydrogen-bond donors (Lipinski definition) is 2. The van der Waals surface area contributed by atoms with Gasteiger partial charge in [-0.2, -0.15) is 0 Å². The molecule has 20 heavy (non-hydrogen) atoms. The Labute approximate surface area is 121 Å². The van der Waals surface area contributed by atoms with E-state index in [0.717, 1.165) is 0 Å². The Balaban J connectivity index is 2.69. The molecule has 0 saturated carbocycles. The number of aromatic hydroxyl groups is 1. The van der Waals surface area contributed by atoms with Crippen LogP contribution in [0.2, 0.25) is 0 Å². The van der Waals surface area contributed by atoms with Gasteiger partial charge in [0.05, 0.1) is 7.11 Å². The number of carbonyl (C=O) groups is 1. The van der Waals surface area contributed by atoms with E-state index in [4.69, 9.17) is 4.74 Å². The van der Waals surface area contributed by atoms with Crippen molar-refractivity contribution in [1.82, 2.24) is 5.32 Å². The van der Waals surface area contributed by atoms with E-state index in [1.54, 1.807) is 12.1 Å². The fourth-order valence-electron chi connectivity index (χ4n) is 2.39. The molecule has 0 aliphatic heterocycles. The van der Waals surface area contributed by atoms with Crippen LogP contribution in [-0.4, -0.2) is 24.7 Å². The third-order valence-electron chi connectivity index (χ3n) is 3.65. The summed E-state index contributed by atoms with van der Waals surface area (Å²) in [5.41, 5.74) is 0.439. The monoisotopic (exact) mass is 279 g/mol. The van der Waals surface area contributed by atoms with Crippen LogP contribution in [0.3, 0.4) is 0 Å². The van der Waals surface area contributed by atoms with Crippen molar-refractivity contribution in [3.05, 3.63) is 23.8 Å². The molecule has 1 aromatic rings. The van der Waals surface area contributed by atoms with Crippen molar-refractivity contribution in [1.29, 1.82) is 0 Å². The number of rotatable bonds is 6. The van der Waals surface area contributed by atoms with E-state index >= 15 is 0 Å². The average Bonchev–Trinajstić information content (AvgIpc) is 2.37. The van der Waals surface area contributed by atoms with Crippen LogP contribution < -0.4 is 10.1 Å². The van der Waals surface area contributed by atoms with Crippen LogP contribution in [0.25, 0.3) is 0 Å². The minimum Gasteiger partial charge on any atom is -0.504 e. The van der Waals surface area contributed by atoms with Crippen LogP contribution >= 0.6 is 0 Å². The molecule has 1 amide bonds. The predicted molar refractivity (Wildman–Crippen MR) is 80.2 cm³/mol. The van der Waals surface area contributed by atoms with E-state index in [2.05, 4.69) is 33.0 Å². The van der Waals surface area contributed by atoms with E-state index in [-0.39, 0.29) is 11.7 Å². The number of methoxy groups -OCH3 is 1. The van der Waals surface area contributed by atoms with Gasteiger partial charge in [0.2, 0.25) is 0 Å². The number of carbonyl (C=O) groups excluding carboxylic acids is 1. The standard InChI is InChI=1S/C16H25NO3/c1-10(2)13(11(3)4)9-17-16(19)12-6-7-15(20-5)14(18)8-12/h6-8,10-11,13,18H,9H2,1-5H3,(H,17,19). The Morgan fingerprint density at radius 3 is 2.30 bits per heavy atom. The van der Waals surface area contributed by atoms with Gasteiger partial charge in [0.25, 0.3) is 5.91 Å². The summed E-state index contributed by atoms with van der Waals surface area (Å²) in [5.74, 6) is 1.63. The minimum atomic E-state index is -0.172. The Morgan fingerprint density at radius 2 is 1.85 bits per heavy atom. The van der Waals surface area contributed by atoms with Gasteiger partial charge >= 0.3 is 0 Å². The second kappa shape index (κ2) is 7.17. The molecule has 1 aromatic carbocycles. The lowest BCUT2D eigenvalue weighted by molar-refractivity contribution is 0.0936. The van der Waals surface area contributed by atoms with E-state index in [1.807, 2.05) is 0 Å². The molecule has 4 nitrogen and oxygen atoms in total. The first-order valence-corrected chi connectivity index (χ1v) is 7.02. The molecule has 4 heteroatoms. The lowest BCUT2D eigenvalue weighted by Gasteiger charge is -2.25. The van der Waals surface area contributed by atoms with E-state index in [0.29, 0.717) is 35.6 Å². The topological polar surface area (TPSA) is 58.6 Å². The molecule has 0 aromatic heterocycles. The maximum Gasteiger partial charge on any atom is 0.251 e. The molecule has 0 aliphatic carbocycles. The minimum absolute atomic E-state index is 0.0237. The molecule has 0 aliphatic rings. The Morgan fingerprint density at radius 1 is 1.25 bits per heavy atom. The van der Waals surface area contributed by atoms with Crippen molar-refractivity contribution in [2.24, 2.45) is 17.8 Å². The third kappa shape index (κ3) is 4.15. The highest BCUT2D eigenvalue weighted by Crippen LogP contribution is 2.26. The van der Waals surface area contributed by atoms with Crippen LogP contribution in [0, 0.1) is 17.8 Å². The molecular formula is C16H25NO3. The smallest absolute Gasteiger partial charge is 0.251 e. The molecule has 1 rings (SSSR count). The molecule has 0 heterocycles. The van der Waals surface area contributed by atoms with Crippen molar-refractivity contribution in [2.75, 3.05) is 13.7 Å². The zero-order chi connectivity index (χ0) is 15.3. The van der Waals surface area contributed by atoms with Gasteiger partial charge in [-0.15, -0.1) is 0 Å². The molecule has 2 N–H and O–H groups in total. The van der Waals surface area contributed by atoms with E-state index in [1.165, 1.54) is 13.2 Å². The number of phenols is 1. The summed E-state index contributed by atoms with van der Waals surface area (Å²) in [7, 11) is 1.48. The number of ether oxygens (including phenoxy) is 1. The van der Waals surface area contributed by atoms with E-state index in [9.17, 15) is 9.90 Å². The van der Waals surface area contributed by atoms with Gasteiger partial charge in [0, 0.05) is 12.1 Å². The predicted octanol–water partition coefficient (Wildman–Crippen LogP) is 3.06. The fraction of sp³-hybridized carbons (Fsp3) is 0.562. The van der Waals surface area contributed by atoms with Crippen molar-refractivity contribution in [3.63, 3.8) is 0 Å². The molecule has 0 atom stereocenters. The summed E-state index contributed by atoms with van der Waals surface area (Å²) < 4.78 is 4.96. The molecule has 0 radical (unpaired) electrons. The highest BCUT2D eigenvalue weighted by atomic mass is 16.5. The number of benzene rings is 1. The first kappa shape index (κ1) is 16.3. The zero-order valence-electron chi connectivity index (χ0n) is 12.9. The lowest BCUT2D eigenvalue weighted by Crippen LogP contribution is -2.33. The number of nitrogens with one attached hydrogen (secondary N) is 1. The third-order valence-corrected chi connectivity index (χ3v) is 3.65. The lowest BCUT2D eigenvalue weighted by atomic mass is 9.85. The SMILES string of the molecule is COc1ccc(C(=O)NCC(C(C)C)C(C)C)cc1O. The van der Waals surface area contributed by atoms with Crippen molar-refractivity contribution in [2.45, 2.75) is 27.7 Å². The molecule has 0 unspecified atom stereocenters. The van der Waals surface area contributed by atoms with Gasteiger partial charge in [0.1, 0.15) is 0 Å². The second-order valence-electron chi connectivity index (χ2n) is 5.75. The van der Waals surface area contributed by atoms with E-state index < -0.39 is 0 Å².